The number of hydrogen-bond donors (Lipinski definition) is 0. The first-order valence-electron chi connectivity index (χ1n) is 4.22. The fourth-order valence-electron chi connectivity index (χ4n) is 1.37. The van der Waals surface area contributed by atoms with Crippen molar-refractivity contribution in [2.24, 2.45) is 0 Å². The Kier molecular flexibility index (Phi) is 3.19. The van der Waals surface area contributed by atoms with E-state index in [0.717, 1.165) is 6.07 Å². The van der Waals surface area contributed by atoms with Crippen LogP contribution >= 0.6 is 34.8 Å². The third-order valence-electron chi connectivity index (χ3n) is 2.02. The number of nitrogens with zero attached hydrogens (tertiary/aromatic N) is 1. The Hall–Kier alpha value is -0.640. The maximum absolute atomic E-state index is 12.5. The summed E-state index contributed by atoms with van der Waals surface area (Å²) in [7, 11) is 0. The first-order valence-corrected chi connectivity index (χ1v) is 5.36. The van der Waals surface area contributed by atoms with Gasteiger partial charge < -0.3 is 0 Å². The van der Waals surface area contributed by atoms with E-state index >= 15 is 0 Å². The molecule has 0 N–H and O–H groups in total. The van der Waals surface area contributed by atoms with Gasteiger partial charge in [-0.25, -0.2) is 13.8 Å². The molecule has 0 aliphatic carbocycles. The van der Waals surface area contributed by atoms with Gasteiger partial charge in [0.1, 0.15) is 5.69 Å². The zero-order valence-electron chi connectivity index (χ0n) is 7.65. The molecule has 0 amide bonds. The zero-order chi connectivity index (χ0) is 11.9. The quantitative estimate of drug-likeness (QED) is 0.706. The van der Waals surface area contributed by atoms with E-state index < -0.39 is 12.1 Å². The topological polar surface area (TPSA) is 12.9 Å². The Balaban J connectivity index is 2.81. The van der Waals surface area contributed by atoms with Crippen LogP contribution in [-0.2, 0) is 0 Å². The van der Waals surface area contributed by atoms with E-state index in [1.807, 2.05) is 0 Å². The van der Waals surface area contributed by atoms with Crippen LogP contribution in [0.5, 0.6) is 0 Å². The highest BCUT2D eigenvalue weighted by molar-refractivity contribution is 6.43. The van der Waals surface area contributed by atoms with Crippen molar-refractivity contribution in [3.63, 3.8) is 0 Å². The number of alkyl halides is 2. The molecule has 0 aliphatic rings. The zero-order valence-corrected chi connectivity index (χ0v) is 9.91. The fraction of sp³-hybridized carbons (Fsp3) is 0.100. The van der Waals surface area contributed by atoms with Gasteiger partial charge >= 0.3 is 0 Å². The molecule has 2 aromatic rings. The van der Waals surface area contributed by atoms with Gasteiger partial charge in [0.15, 0.2) is 0 Å². The molecule has 84 valence electrons. The smallest absolute Gasteiger partial charge is 0.247 e. The van der Waals surface area contributed by atoms with Crippen molar-refractivity contribution in [3.8, 4) is 0 Å². The largest absolute Gasteiger partial charge is 0.280 e. The number of benzene rings is 1. The van der Waals surface area contributed by atoms with Crippen molar-refractivity contribution in [1.29, 1.82) is 0 Å². The van der Waals surface area contributed by atoms with Gasteiger partial charge in [-0.2, -0.15) is 0 Å². The van der Waals surface area contributed by atoms with Crippen LogP contribution in [0.25, 0.3) is 10.9 Å². The number of rotatable bonds is 1. The maximum atomic E-state index is 12.5. The molecule has 0 spiro atoms. The standard InChI is InChI=1S/C10H4Cl3F2N/c11-4-1-5(12)9-6(13)3-8(10(14)15)16-7(9)2-4/h1-3,10H. The summed E-state index contributed by atoms with van der Waals surface area (Å²) in [5.74, 6) is 0. The number of pyridine rings is 1. The SMILES string of the molecule is FC(F)c1cc(Cl)c2c(Cl)cc(Cl)cc2n1. The molecule has 0 atom stereocenters. The molecule has 1 aromatic heterocycles. The van der Waals surface area contributed by atoms with E-state index in [0.29, 0.717) is 15.4 Å². The van der Waals surface area contributed by atoms with Crippen molar-refractivity contribution in [1.82, 2.24) is 4.98 Å². The second kappa shape index (κ2) is 4.32. The molecular formula is C10H4Cl3F2N. The molecule has 0 bridgehead atoms. The van der Waals surface area contributed by atoms with Crippen LogP contribution < -0.4 is 0 Å². The lowest BCUT2D eigenvalue weighted by Crippen LogP contribution is -1.92. The summed E-state index contributed by atoms with van der Waals surface area (Å²) in [6.07, 6.45) is -2.68. The van der Waals surface area contributed by atoms with Crippen molar-refractivity contribution in [3.05, 3.63) is 39.0 Å². The third kappa shape index (κ3) is 2.08. The molecular weight excluding hydrogens is 278 g/mol. The number of halogens is 5. The average molecular weight is 283 g/mol. The second-order valence-corrected chi connectivity index (χ2v) is 4.36. The molecule has 0 fully saturated rings. The molecule has 6 heteroatoms. The lowest BCUT2D eigenvalue weighted by Gasteiger charge is -2.06. The molecule has 16 heavy (non-hydrogen) atoms. The van der Waals surface area contributed by atoms with Crippen molar-refractivity contribution >= 4 is 45.7 Å². The van der Waals surface area contributed by atoms with Crippen molar-refractivity contribution in [2.45, 2.75) is 6.43 Å². The summed E-state index contributed by atoms with van der Waals surface area (Å²) in [6.45, 7) is 0. The van der Waals surface area contributed by atoms with Gasteiger partial charge in [0.25, 0.3) is 6.43 Å². The predicted octanol–water partition coefficient (Wildman–Crippen LogP) is 5.13. The minimum atomic E-state index is -2.68. The monoisotopic (exact) mass is 281 g/mol. The van der Waals surface area contributed by atoms with E-state index in [9.17, 15) is 8.78 Å². The third-order valence-corrected chi connectivity index (χ3v) is 2.84. The highest BCUT2D eigenvalue weighted by Gasteiger charge is 2.14. The summed E-state index contributed by atoms with van der Waals surface area (Å²) in [6, 6.07) is 4.04. The van der Waals surface area contributed by atoms with Crippen molar-refractivity contribution < 1.29 is 8.78 Å². The highest BCUT2D eigenvalue weighted by atomic mass is 35.5. The normalized spacial score (nSPS) is 11.4. The number of hydrogen-bond acceptors (Lipinski definition) is 1. The predicted molar refractivity (Wildman–Crippen MR) is 61.7 cm³/mol. The Morgan fingerprint density at radius 3 is 2.25 bits per heavy atom. The summed E-state index contributed by atoms with van der Waals surface area (Å²) < 4.78 is 25.0. The van der Waals surface area contributed by atoms with Crippen LogP contribution in [0.1, 0.15) is 12.1 Å². The van der Waals surface area contributed by atoms with Crippen LogP contribution in [-0.4, -0.2) is 4.98 Å². The van der Waals surface area contributed by atoms with Crippen LogP contribution in [0.3, 0.4) is 0 Å². The summed E-state index contributed by atoms with van der Waals surface area (Å²) >= 11 is 17.5. The molecule has 0 radical (unpaired) electrons. The maximum Gasteiger partial charge on any atom is 0.280 e. The molecule has 1 nitrogen and oxygen atoms in total. The molecule has 1 heterocycles. The Labute approximate surface area is 105 Å². The molecule has 0 unspecified atom stereocenters. The van der Waals surface area contributed by atoms with Gasteiger partial charge in [-0.1, -0.05) is 34.8 Å². The second-order valence-electron chi connectivity index (χ2n) is 3.11. The van der Waals surface area contributed by atoms with Crippen LogP contribution in [0.15, 0.2) is 18.2 Å². The lowest BCUT2D eigenvalue weighted by atomic mass is 10.2. The number of aromatic nitrogens is 1. The summed E-state index contributed by atoms with van der Waals surface area (Å²) in [5, 5.41) is 1.19. The van der Waals surface area contributed by atoms with E-state index in [4.69, 9.17) is 34.8 Å². The average Bonchev–Trinajstić information content (AvgIpc) is 2.15. The van der Waals surface area contributed by atoms with Crippen LogP contribution in [0, 0.1) is 0 Å². The molecule has 1 aromatic carbocycles. The van der Waals surface area contributed by atoms with E-state index in [1.54, 1.807) is 0 Å². The van der Waals surface area contributed by atoms with Gasteiger partial charge in [-0.05, 0) is 18.2 Å². The highest BCUT2D eigenvalue weighted by Crippen LogP contribution is 2.34. The summed E-state index contributed by atoms with van der Waals surface area (Å²) in [5.41, 5.74) is -0.129. The Morgan fingerprint density at radius 2 is 1.62 bits per heavy atom. The summed E-state index contributed by atoms with van der Waals surface area (Å²) in [4.78, 5) is 3.75. The minimum Gasteiger partial charge on any atom is -0.247 e. The van der Waals surface area contributed by atoms with Crippen LogP contribution in [0.4, 0.5) is 8.78 Å². The van der Waals surface area contributed by atoms with Gasteiger partial charge in [0.2, 0.25) is 0 Å². The molecule has 0 saturated heterocycles. The number of fused-ring (bicyclic) bond motifs is 1. The van der Waals surface area contributed by atoms with Crippen LogP contribution in [0.2, 0.25) is 15.1 Å². The Bertz CT molecular complexity index is 557. The Morgan fingerprint density at radius 1 is 1.00 bits per heavy atom. The fourth-order valence-corrected chi connectivity index (χ4v) is 2.31. The lowest BCUT2D eigenvalue weighted by molar-refractivity contribution is 0.146. The van der Waals surface area contributed by atoms with Crippen molar-refractivity contribution in [2.75, 3.05) is 0 Å². The van der Waals surface area contributed by atoms with Gasteiger partial charge in [-0.3, -0.25) is 0 Å². The van der Waals surface area contributed by atoms with Gasteiger partial charge in [-0.15, -0.1) is 0 Å². The first kappa shape index (κ1) is 11.8. The molecule has 2 rings (SSSR count). The van der Waals surface area contributed by atoms with Gasteiger partial charge in [0, 0.05) is 10.4 Å². The van der Waals surface area contributed by atoms with E-state index in [2.05, 4.69) is 4.98 Å². The van der Waals surface area contributed by atoms with E-state index in [1.165, 1.54) is 12.1 Å². The first-order chi connectivity index (χ1) is 7.49. The van der Waals surface area contributed by atoms with Gasteiger partial charge in [0.05, 0.1) is 15.6 Å². The minimum absolute atomic E-state index is 0.141. The van der Waals surface area contributed by atoms with E-state index in [-0.39, 0.29) is 10.5 Å². The molecule has 0 saturated carbocycles. The molecule has 0 aliphatic heterocycles.